The minimum Gasteiger partial charge on any atom is -0.465 e. The van der Waals surface area contributed by atoms with Gasteiger partial charge in [-0.1, -0.05) is 23.2 Å². The SMILES string of the molecule is COC(=O)c1ccc(Cl)c(C=O)c1Cl. The molecule has 1 rings (SSSR count). The molecular formula is C9H6Cl2O3. The number of methoxy groups -OCH3 is 1. The number of hydrogen-bond donors (Lipinski definition) is 0. The largest absolute Gasteiger partial charge is 0.465 e. The summed E-state index contributed by atoms with van der Waals surface area (Å²) in [6.07, 6.45) is 0.497. The normalized spacial score (nSPS) is 9.64. The Morgan fingerprint density at radius 2 is 2.07 bits per heavy atom. The predicted octanol–water partition coefficient (Wildman–Crippen LogP) is 2.59. The Morgan fingerprint density at radius 3 is 2.57 bits per heavy atom. The highest BCUT2D eigenvalue weighted by molar-refractivity contribution is 6.40. The van der Waals surface area contributed by atoms with Crippen LogP contribution in [0.1, 0.15) is 20.7 Å². The quantitative estimate of drug-likeness (QED) is 0.582. The lowest BCUT2D eigenvalue weighted by Gasteiger charge is -2.05. The van der Waals surface area contributed by atoms with Crippen LogP contribution >= 0.6 is 23.2 Å². The smallest absolute Gasteiger partial charge is 0.339 e. The number of hydrogen-bond acceptors (Lipinski definition) is 3. The molecule has 0 amide bonds. The summed E-state index contributed by atoms with van der Waals surface area (Å²) in [5.74, 6) is -0.602. The molecule has 0 saturated heterocycles. The number of carbonyl (C=O) groups is 2. The third-order valence-electron chi connectivity index (χ3n) is 1.65. The maximum atomic E-state index is 11.1. The molecule has 5 heteroatoms. The van der Waals surface area contributed by atoms with Gasteiger partial charge >= 0.3 is 5.97 Å². The maximum Gasteiger partial charge on any atom is 0.339 e. The van der Waals surface area contributed by atoms with E-state index in [0.717, 1.165) is 0 Å². The third kappa shape index (κ3) is 1.89. The lowest BCUT2D eigenvalue weighted by atomic mass is 10.1. The Balaban J connectivity index is 3.35. The van der Waals surface area contributed by atoms with Crippen molar-refractivity contribution in [1.82, 2.24) is 0 Å². The Kier molecular flexibility index (Phi) is 3.49. The van der Waals surface area contributed by atoms with Crippen LogP contribution in [0.5, 0.6) is 0 Å². The van der Waals surface area contributed by atoms with E-state index in [1.54, 1.807) is 0 Å². The van der Waals surface area contributed by atoms with Gasteiger partial charge in [0.15, 0.2) is 6.29 Å². The molecule has 0 bridgehead atoms. The van der Waals surface area contributed by atoms with Crippen molar-refractivity contribution in [2.45, 2.75) is 0 Å². The van der Waals surface area contributed by atoms with Crippen LogP contribution in [0.4, 0.5) is 0 Å². The van der Waals surface area contributed by atoms with Crippen molar-refractivity contribution in [3.05, 3.63) is 33.3 Å². The Labute approximate surface area is 90.6 Å². The van der Waals surface area contributed by atoms with E-state index >= 15 is 0 Å². The highest BCUT2D eigenvalue weighted by Gasteiger charge is 2.15. The summed E-state index contributed by atoms with van der Waals surface area (Å²) in [7, 11) is 1.23. The molecule has 1 aromatic rings. The van der Waals surface area contributed by atoms with Gasteiger partial charge in [-0.25, -0.2) is 4.79 Å². The molecule has 0 N–H and O–H groups in total. The van der Waals surface area contributed by atoms with Gasteiger partial charge in [0, 0.05) is 0 Å². The zero-order chi connectivity index (χ0) is 10.7. The summed E-state index contributed by atoms with van der Waals surface area (Å²) in [5.41, 5.74) is 0.219. The van der Waals surface area contributed by atoms with E-state index in [1.807, 2.05) is 0 Å². The van der Waals surface area contributed by atoms with Gasteiger partial charge in [0.2, 0.25) is 0 Å². The van der Waals surface area contributed by atoms with Crippen LogP contribution in [0.2, 0.25) is 10.0 Å². The third-order valence-corrected chi connectivity index (χ3v) is 2.39. The summed E-state index contributed by atoms with van der Waals surface area (Å²) < 4.78 is 4.47. The van der Waals surface area contributed by atoms with Crippen molar-refractivity contribution < 1.29 is 14.3 Å². The second-order valence-corrected chi connectivity index (χ2v) is 3.22. The van der Waals surface area contributed by atoms with Crippen LogP contribution in [-0.2, 0) is 4.74 Å². The Bertz CT molecular complexity index is 388. The highest BCUT2D eigenvalue weighted by Crippen LogP contribution is 2.26. The molecule has 0 heterocycles. The van der Waals surface area contributed by atoms with Crippen LogP contribution in [0.3, 0.4) is 0 Å². The summed E-state index contributed by atoms with van der Waals surface area (Å²) in [4.78, 5) is 21.7. The molecule has 0 aliphatic heterocycles. The number of carbonyl (C=O) groups excluding carboxylic acids is 2. The fraction of sp³-hybridized carbons (Fsp3) is 0.111. The van der Waals surface area contributed by atoms with Crippen molar-refractivity contribution in [2.75, 3.05) is 7.11 Å². The van der Waals surface area contributed by atoms with E-state index in [-0.39, 0.29) is 21.2 Å². The van der Waals surface area contributed by atoms with Gasteiger partial charge in [-0.3, -0.25) is 4.79 Å². The van der Waals surface area contributed by atoms with Crippen molar-refractivity contribution in [1.29, 1.82) is 0 Å². The monoisotopic (exact) mass is 232 g/mol. The van der Waals surface area contributed by atoms with Crippen molar-refractivity contribution in [3.8, 4) is 0 Å². The lowest BCUT2D eigenvalue weighted by Crippen LogP contribution is -2.03. The van der Waals surface area contributed by atoms with Crippen LogP contribution in [-0.4, -0.2) is 19.4 Å². The first-order valence-corrected chi connectivity index (χ1v) is 4.39. The van der Waals surface area contributed by atoms with Crippen LogP contribution in [0.25, 0.3) is 0 Å². The van der Waals surface area contributed by atoms with Crippen LogP contribution in [0, 0.1) is 0 Å². The number of ether oxygens (including phenoxy) is 1. The van der Waals surface area contributed by atoms with E-state index in [0.29, 0.717) is 6.29 Å². The van der Waals surface area contributed by atoms with Gasteiger partial charge in [0.25, 0.3) is 0 Å². The predicted molar refractivity (Wildman–Crippen MR) is 53.2 cm³/mol. The molecule has 0 aliphatic rings. The molecule has 0 saturated carbocycles. The number of esters is 1. The molecule has 0 fully saturated rings. The van der Waals surface area contributed by atoms with Crippen LogP contribution < -0.4 is 0 Å². The van der Waals surface area contributed by atoms with E-state index < -0.39 is 5.97 Å². The van der Waals surface area contributed by atoms with Crippen molar-refractivity contribution >= 4 is 35.5 Å². The molecule has 0 aliphatic carbocycles. The fourth-order valence-corrected chi connectivity index (χ4v) is 1.48. The van der Waals surface area contributed by atoms with Gasteiger partial charge in [-0.2, -0.15) is 0 Å². The molecule has 0 aromatic heterocycles. The van der Waals surface area contributed by atoms with Crippen molar-refractivity contribution in [2.24, 2.45) is 0 Å². The first-order chi connectivity index (χ1) is 6.61. The molecule has 0 spiro atoms. The minimum absolute atomic E-state index is 0.0133. The second-order valence-electron chi connectivity index (χ2n) is 2.43. The Morgan fingerprint density at radius 1 is 1.43 bits per heavy atom. The van der Waals surface area contributed by atoms with Gasteiger partial charge in [0.05, 0.1) is 28.3 Å². The van der Waals surface area contributed by atoms with Gasteiger partial charge in [-0.15, -0.1) is 0 Å². The van der Waals surface area contributed by atoms with E-state index in [1.165, 1.54) is 19.2 Å². The topological polar surface area (TPSA) is 43.4 Å². The molecule has 0 unspecified atom stereocenters. The maximum absolute atomic E-state index is 11.1. The standard InChI is InChI=1S/C9H6Cl2O3/c1-14-9(13)5-2-3-7(10)6(4-12)8(5)11/h2-4H,1H3. The summed E-state index contributed by atoms with van der Waals surface area (Å²) in [5, 5.41) is 0.219. The van der Waals surface area contributed by atoms with E-state index in [9.17, 15) is 9.59 Å². The average molecular weight is 233 g/mol. The molecule has 74 valence electrons. The van der Waals surface area contributed by atoms with Gasteiger partial charge < -0.3 is 4.74 Å². The molecule has 14 heavy (non-hydrogen) atoms. The van der Waals surface area contributed by atoms with Gasteiger partial charge in [0.1, 0.15) is 0 Å². The van der Waals surface area contributed by atoms with E-state index in [4.69, 9.17) is 23.2 Å². The van der Waals surface area contributed by atoms with Gasteiger partial charge in [-0.05, 0) is 12.1 Å². The molecular weight excluding hydrogens is 227 g/mol. The lowest BCUT2D eigenvalue weighted by molar-refractivity contribution is 0.0601. The van der Waals surface area contributed by atoms with Crippen LogP contribution in [0.15, 0.2) is 12.1 Å². The fourth-order valence-electron chi connectivity index (χ4n) is 0.945. The number of halogens is 2. The van der Waals surface area contributed by atoms with E-state index in [2.05, 4.69) is 4.74 Å². The minimum atomic E-state index is -0.602. The van der Waals surface area contributed by atoms with Crippen molar-refractivity contribution in [3.63, 3.8) is 0 Å². The summed E-state index contributed by atoms with van der Waals surface area (Å²) >= 11 is 11.5. The molecule has 0 atom stereocenters. The summed E-state index contributed by atoms with van der Waals surface area (Å²) in [6, 6.07) is 2.83. The summed E-state index contributed by atoms with van der Waals surface area (Å²) in [6.45, 7) is 0. The first-order valence-electron chi connectivity index (χ1n) is 3.63. The molecule has 3 nitrogen and oxygen atoms in total. The zero-order valence-corrected chi connectivity index (χ0v) is 8.72. The number of aldehydes is 1. The Hall–Kier alpha value is -1.06. The highest BCUT2D eigenvalue weighted by atomic mass is 35.5. The molecule has 0 radical (unpaired) electrons. The first kappa shape index (κ1) is 11.0. The number of benzene rings is 1. The second kappa shape index (κ2) is 4.44. The zero-order valence-electron chi connectivity index (χ0n) is 7.21. The number of rotatable bonds is 2. The average Bonchev–Trinajstić information content (AvgIpc) is 2.18. The molecule has 1 aromatic carbocycles.